The molecule has 0 spiro atoms. The zero-order valence-electron chi connectivity index (χ0n) is 15.5. The van der Waals surface area contributed by atoms with E-state index >= 15 is 0 Å². The third-order valence-corrected chi connectivity index (χ3v) is 4.37. The monoisotopic (exact) mass is 473 g/mol. The number of nitrogens with zero attached hydrogens (tertiary/aromatic N) is 1. The van der Waals surface area contributed by atoms with Crippen LogP contribution in [0, 0.1) is 5.92 Å². The molecular weight excluding hydrogens is 448 g/mol. The summed E-state index contributed by atoms with van der Waals surface area (Å²) in [4.78, 5) is 37.0. The Labute approximate surface area is 310 Å². The average Bonchev–Trinajstić information content (AvgIpc) is 2.19. The maximum atomic E-state index is 11.0. The molecule has 1 unspecified atom stereocenters. The first-order valence-electron chi connectivity index (χ1n) is 6.39. The predicted octanol–water partition coefficient (Wildman–Crippen LogP) is 0.252. The summed E-state index contributed by atoms with van der Waals surface area (Å²) in [5, 5.41) is 0. The van der Waals surface area contributed by atoms with E-state index in [1.807, 2.05) is 6.92 Å². The van der Waals surface area contributed by atoms with Crippen molar-refractivity contribution in [1.29, 1.82) is 0 Å². The summed E-state index contributed by atoms with van der Waals surface area (Å²) in [7, 11) is -8.64. The maximum absolute atomic E-state index is 11.0. The zero-order valence-corrected chi connectivity index (χ0v) is 29.8. The van der Waals surface area contributed by atoms with Crippen LogP contribution in [0.1, 0.15) is 39.5 Å². The van der Waals surface area contributed by atoms with Crippen LogP contribution in [-0.2, 0) is 9.13 Å². The van der Waals surface area contributed by atoms with Gasteiger partial charge in [0, 0.05) is 212 Å². The molecule has 0 fully saturated rings. The first-order valence-corrected chi connectivity index (χ1v) is 9.98. The van der Waals surface area contributed by atoms with Crippen molar-refractivity contribution in [3.8, 4) is 0 Å². The van der Waals surface area contributed by atoms with Gasteiger partial charge in [0.25, 0.3) is 0 Å². The Morgan fingerprint density at radius 2 is 1.26 bits per heavy atom. The van der Waals surface area contributed by atoms with Gasteiger partial charge in [0.2, 0.25) is 0 Å². The molecule has 0 rings (SSSR count). The standard InChI is InChI=1S/C10H25NO6P2.4K/c1-3-5-6-10(4-2)7-11(8-18(12,13)14)9-19(15,16)17;;;;/h10H,3-9H2,1-2H3,(H2,12,13,14)(H2,15,16,17);;;;. The van der Waals surface area contributed by atoms with Crippen LogP contribution in [-0.4, -0.2) is 249 Å². The van der Waals surface area contributed by atoms with Crippen LogP contribution < -0.4 is 0 Å². The number of rotatable bonds is 10. The van der Waals surface area contributed by atoms with Crippen molar-refractivity contribution in [2.45, 2.75) is 39.5 Å². The molecule has 0 saturated heterocycles. The molecule has 0 saturated carbocycles. The first-order chi connectivity index (χ1) is 8.57. The van der Waals surface area contributed by atoms with Crippen molar-refractivity contribution in [2.24, 2.45) is 5.92 Å². The summed E-state index contributed by atoms with van der Waals surface area (Å²) in [6, 6.07) is 0. The summed E-state index contributed by atoms with van der Waals surface area (Å²) in [6.45, 7) is 4.32. The Bertz CT molecular complexity index is 330. The van der Waals surface area contributed by atoms with Crippen LogP contribution >= 0.6 is 15.2 Å². The summed E-state index contributed by atoms with van der Waals surface area (Å²) >= 11 is 0. The molecule has 0 heterocycles. The van der Waals surface area contributed by atoms with Crippen molar-refractivity contribution in [3.05, 3.63) is 0 Å². The minimum atomic E-state index is -4.32. The van der Waals surface area contributed by atoms with Gasteiger partial charge in [-0.15, -0.1) is 0 Å². The molecule has 0 aliphatic rings. The minimum Gasteiger partial charge on any atom is -0.324 e. The van der Waals surface area contributed by atoms with E-state index in [2.05, 4.69) is 6.92 Å². The Morgan fingerprint density at radius 1 is 0.870 bits per heavy atom. The number of unbranched alkanes of at least 4 members (excludes halogenated alkanes) is 1. The van der Waals surface area contributed by atoms with E-state index in [0.29, 0.717) is 6.54 Å². The van der Waals surface area contributed by atoms with E-state index < -0.39 is 27.8 Å². The van der Waals surface area contributed by atoms with Crippen molar-refractivity contribution in [3.63, 3.8) is 0 Å². The fourth-order valence-corrected chi connectivity index (χ4v) is 3.59. The van der Waals surface area contributed by atoms with Crippen LogP contribution in [0.4, 0.5) is 0 Å². The largest absolute Gasteiger partial charge is 0.339 e. The maximum Gasteiger partial charge on any atom is 0.339 e. The fraction of sp³-hybridized carbons (Fsp3) is 1.00. The summed E-state index contributed by atoms with van der Waals surface area (Å²) < 4.78 is 22.0. The van der Waals surface area contributed by atoms with Gasteiger partial charge in [0.15, 0.2) is 0 Å². The quantitative estimate of drug-likeness (QED) is 0.265. The Hall–Kier alpha value is 6.81. The minimum absolute atomic E-state index is 0. The first kappa shape index (κ1) is 40.2. The second-order valence-corrected chi connectivity index (χ2v) is 8.11. The molecular formula is C10H25K4NO6P2. The van der Waals surface area contributed by atoms with Gasteiger partial charge in [0.05, 0.1) is 0 Å². The molecule has 4 radical (unpaired) electrons. The molecule has 4 N–H and O–H groups in total. The van der Waals surface area contributed by atoms with Gasteiger partial charge in [-0.1, -0.05) is 33.1 Å². The average molecular weight is 474 g/mol. The Kier molecular flexibility index (Phi) is 38.5. The van der Waals surface area contributed by atoms with E-state index in [0.717, 1.165) is 25.7 Å². The van der Waals surface area contributed by atoms with E-state index in [1.54, 1.807) is 0 Å². The summed E-state index contributed by atoms with van der Waals surface area (Å²) in [6.07, 6.45) is 2.51. The molecule has 0 bridgehead atoms. The van der Waals surface area contributed by atoms with Crippen LogP contribution in [0.2, 0.25) is 0 Å². The van der Waals surface area contributed by atoms with Crippen LogP contribution in [0.25, 0.3) is 0 Å². The van der Waals surface area contributed by atoms with E-state index in [4.69, 9.17) is 19.6 Å². The number of hydrogen-bond acceptors (Lipinski definition) is 3. The fourth-order valence-electron chi connectivity index (χ4n) is 1.96. The molecule has 0 aliphatic heterocycles. The molecule has 0 aromatic heterocycles. The van der Waals surface area contributed by atoms with Gasteiger partial charge < -0.3 is 19.6 Å². The second-order valence-electron chi connectivity index (χ2n) is 4.88. The molecule has 0 aromatic rings. The van der Waals surface area contributed by atoms with Gasteiger partial charge in [-0.2, -0.15) is 0 Å². The Morgan fingerprint density at radius 3 is 1.52 bits per heavy atom. The molecule has 0 amide bonds. The molecule has 0 aliphatic carbocycles. The van der Waals surface area contributed by atoms with E-state index in [9.17, 15) is 9.13 Å². The van der Waals surface area contributed by atoms with Gasteiger partial charge in [-0.3, -0.25) is 14.0 Å². The summed E-state index contributed by atoms with van der Waals surface area (Å²) in [5.74, 6) is 0.193. The zero-order chi connectivity index (χ0) is 15.1. The molecule has 0 aromatic carbocycles. The van der Waals surface area contributed by atoms with Crippen molar-refractivity contribution < 1.29 is 28.7 Å². The number of hydrogen-bond donors (Lipinski definition) is 4. The van der Waals surface area contributed by atoms with Crippen molar-refractivity contribution in [1.82, 2.24) is 4.90 Å². The predicted molar refractivity (Wildman–Crippen MR) is 96.9 cm³/mol. The molecule has 120 valence electrons. The second kappa shape index (κ2) is 22.0. The van der Waals surface area contributed by atoms with Gasteiger partial charge in [-0.25, -0.2) is 0 Å². The van der Waals surface area contributed by atoms with Crippen molar-refractivity contribution >= 4 is 221 Å². The SMILES string of the molecule is CCCCC(CC)CN(CP(=O)(O)O)CP(=O)(O)O.[K].[K].[K].[K]. The molecule has 1 atom stereocenters. The van der Waals surface area contributed by atoms with Gasteiger partial charge >= 0.3 is 15.2 Å². The van der Waals surface area contributed by atoms with Gasteiger partial charge in [0.1, 0.15) is 12.6 Å². The van der Waals surface area contributed by atoms with Crippen LogP contribution in [0.15, 0.2) is 0 Å². The van der Waals surface area contributed by atoms with Crippen molar-refractivity contribution in [2.75, 3.05) is 19.1 Å². The van der Waals surface area contributed by atoms with E-state index in [-0.39, 0.29) is 211 Å². The molecule has 13 heteroatoms. The molecule has 23 heavy (non-hydrogen) atoms. The topological polar surface area (TPSA) is 118 Å². The smallest absolute Gasteiger partial charge is 0.324 e. The normalized spacial score (nSPS) is 12.3. The van der Waals surface area contributed by atoms with E-state index in [1.165, 1.54) is 4.90 Å². The van der Waals surface area contributed by atoms with Gasteiger partial charge in [-0.05, 0) is 12.3 Å². The Balaban J connectivity index is -0.000000270. The van der Waals surface area contributed by atoms with Crippen LogP contribution in [0.3, 0.4) is 0 Å². The summed E-state index contributed by atoms with van der Waals surface area (Å²) in [5.41, 5.74) is 0. The molecule has 7 nitrogen and oxygen atoms in total. The van der Waals surface area contributed by atoms with Crippen LogP contribution in [0.5, 0.6) is 0 Å². The third kappa shape index (κ3) is 28.8. The third-order valence-electron chi connectivity index (χ3n) is 2.83.